The number of hydrazone groups is 1. The third kappa shape index (κ3) is 4.43. The van der Waals surface area contributed by atoms with Crippen molar-refractivity contribution in [2.75, 3.05) is 0 Å². The van der Waals surface area contributed by atoms with Gasteiger partial charge in [-0.25, -0.2) is 5.43 Å². The molecular formula is C15H11Cl2N3O4. The number of para-hydroxylation sites is 1. The summed E-state index contributed by atoms with van der Waals surface area (Å²) in [6.45, 7) is 0. The van der Waals surface area contributed by atoms with Crippen LogP contribution >= 0.6 is 23.2 Å². The summed E-state index contributed by atoms with van der Waals surface area (Å²) in [6.07, 6.45) is 1.10. The number of nitro groups is 1. The molecule has 0 aromatic heterocycles. The van der Waals surface area contributed by atoms with Crippen molar-refractivity contribution in [1.29, 1.82) is 0 Å². The summed E-state index contributed by atoms with van der Waals surface area (Å²) in [6, 6.07) is 8.80. The van der Waals surface area contributed by atoms with Gasteiger partial charge in [-0.3, -0.25) is 14.9 Å². The minimum absolute atomic E-state index is 0.0511. The molecule has 0 fully saturated rings. The number of nitro benzene ring substituents is 1. The van der Waals surface area contributed by atoms with Gasteiger partial charge in [-0.1, -0.05) is 41.4 Å². The minimum atomic E-state index is -0.549. The van der Waals surface area contributed by atoms with Crippen LogP contribution in [0.15, 0.2) is 41.5 Å². The van der Waals surface area contributed by atoms with E-state index in [0.717, 1.165) is 0 Å². The Hall–Kier alpha value is -2.64. The molecule has 0 aliphatic rings. The molecule has 2 rings (SSSR count). The van der Waals surface area contributed by atoms with Crippen LogP contribution < -0.4 is 5.43 Å². The van der Waals surface area contributed by atoms with Crippen molar-refractivity contribution in [3.8, 4) is 5.75 Å². The maximum absolute atomic E-state index is 11.8. The quantitative estimate of drug-likeness (QED) is 0.480. The monoisotopic (exact) mass is 367 g/mol. The Balaban J connectivity index is 2.03. The molecule has 0 bridgehead atoms. The fraction of sp³-hybridized carbons (Fsp3) is 0.0667. The Bertz CT molecular complexity index is 801. The number of amides is 1. The van der Waals surface area contributed by atoms with Gasteiger partial charge in [0, 0.05) is 11.6 Å². The number of rotatable bonds is 5. The smallest absolute Gasteiger partial charge is 0.273 e. The van der Waals surface area contributed by atoms with Gasteiger partial charge >= 0.3 is 0 Å². The van der Waals surface area contributed by atoms with E-state index in [4.69, 9.17) is 23.2 Å². The number of aromatic hydroxyl groups is 1. The van der Waals surface area contributed by atoms with Gasteiger partial charge in [-0.15, -0.1) is 0 Å². The molecule has 0 atom stereocenters. The first kappa shape index (κ1) is 17.7. The fourth-order valence-electron chi connectivity index (χ4n) is 1.89. The number of halogens is 2. The van der Waals surface area contributed by atoms with E-state index in [9.17, 15) is 20.0 Å². The van der Waals surface area contributed by atoms with Crippen LogP contribution in [0.2, 0.25) is 10.0 Å². The van der Waals surface area contributed by atoms with Crippen molar-refractivity contribution >= 4 is 41.0 Å². The number of benzene rings is 2. The second-order valence-corrected chi connectivity index (χ2v) is 5.50. The summed E-state index contributed by atoms with van der Waals surface area (Å²) in [5, 5.41) is 24.2. The zero-order valence-electron chi connectivity index (χ0n) is 12.1. The molecule has 0 heterocycles. The first-order chi connectivity index (χ1) is 11.4. The lowest BCUT2D eigenvalue weighted by Crippen LogP contribution is -2.20. The van der Waals surface area contributed by atoms with Crippen molar-refractivity contribution in [1.82, 2.24) is 5.43 Å². The van der Waals surface area contributed by atoms with Crippen molar-refractivity contribution in [2.45, 2.75) is 6.42 Å². The summed E-state index contributed by atoms with van der Waals surface area (Å²) in [4.78, 5) is 22.2. The Labute approximate surface area is 146 Å². The van der Waals surface area contributed by atoms with E-state index in [1.54, 1.807) is 6.07 Å². The second-order valence-electron chi connectivity index (χ2n) is 4.69. The average Bonchev–Trinajstić information content (AvgIpc) is 2.52. The highest BCUT2D eigenvalue weighted by Crippen LogP contribution is 2.32. The number of carbonyl (C=O) groups is 1. The predicted molar refractivity (Wildman–Crippen MR) is 90.7 cm³/mol. The zero-order valence-corrected chi connectivity index (χ0v) is 13.6. The molecular weight excluding hydrogens is 357 g/mol. The van der Waals surface area contributed by atoms with Crippen LogP contribution in [0, 0.1) is 10.1 Å². The van der Waals surface area contributed by atoms with Gasteiger partial charge in [0.25, 0.3) is 5.69 Å². The third-order valence-corrected chi connectivity index (χ3v) is 3.56. The van der Waals surface area contributed by atoms with Crippen LogP contribution in [0.5, 0.6) is 5.75 Å². The largest absolute Gasteiger partial charge is 0.505 e. The highest BCUT2D eigenvalue weighted by molar-refractivity contribution is 6.37. The lowest BCUT2D eigenvalue weighted by atomic mass is 10.1. The molecule has 0 saturated heterocycles. The lowest BCUT2D eigenvalue weighted by molar-refractivity contribution is -0.385. The van der Waals surface area contributed by atoms with E-state index in [-0.39, 0.29) is 33.5 Å². The highest BCUT2D eigenvalue weighted by atomic mass is 35.5. The molecule has 0 saturated carbocycles. The Kier molecular flexibility index (Phi) is 5.73. The topological polar surface area (TPSA) is 105 Å². The molecule has 124 valence electrons. The normalized spacial score (nSPS) is 10.8. The van der Waals surface area contributed by atoms with E-state index in [2.05, 4.69) is 10.5 Å². The van der Waals surface area contributed by atoms with Crippen LogP contribution in [0.25, 0.3) is 0 Å². The maximum atomic E-state index is 11.8. The molecule has 9 heteroatoms. The Morgan fingerprint density at radius 3 is 2.54 bits per heavy atom. The van der Waals surface area contributed by atoms with Gasteiger partial charge < -0.3 is 5.11 Å². The standard InChI is InChI=1S/C15H11Cl2N3O4/c16-11-5-9(6-12(17)15(11)22)8-18-19-14(21)7-10-3-1-2-4-13(10)20(23)24/h1-6,8,22H,7H2,(H,19,21). The number of phenolic OH excluding ortho intramolecular Hbond substituents is 1. The molecule has 2 aromatic rings. The summed E-state index contributed by atoms with van der Waals surface area (Å²) in [5.41, 5.74) is 2.88. The SMILES string of the molecule is O=C(Cc1ccccc1[N+](=O)[O-])NN=Cc1cc(Cl)c(O)c(Cl)c1. The van der Waals surface area contributed by atoms with E-state index in [1.165, 1.54) is 36.5 Å². The molecule has 1 amide bonds. The summed E-state index contributed by atoms with van der Waals surface area (Å²) >= 11 is 11.5. The summed E-state index contributed by atoms with van der Waals surface area (Å²) in [5.74, 6) is -0.757. The molecule has 2 aromatic carbocycles. The average molecular weight is 368 g/mol. The molecule has 2 N–H and O–H groups in total. The third-order valence-electron chi connectivity index (χ3n) is 2.98. The molecule has 0 spiro atoms. The van der Waals surface area contributed by atoms with Crippen LogP contribution in [0.4, 0.5) is 5.69 Å². The number of nitrogens with zero attached hydrogens (tertiary/aromatic N) is 2. The van der Waals surface area contributed by atoms with E-state index < -0.39 is 10.8 Å². The number of carbonyl (C=O) groups excluding carboxylic acids is 1. The maximum Gasteiger partial charge on any atom is 0.273 e. The first-order valence-electron chi connectivity index (χ1n) is 6.60. The first-order valence-corrected chi connectivity index (χ1v) is 7.36. The number of phenols is 1. The number of hydrogen-bond donors (Lipinski definition) is 2. The van der Waals surface area contributed by atoms with Crippen LogP contribution in [-0.2, 0) is 11.2 Å². The van der Waals surface area contributed by atoms with Gasteiger partial charge in [0.05, 0.1) is 27.6 Å². The van der Waals surface area contributed by atoms with E-state index in [1.807, 2.05) is 0 Å². The van der Waals surface area contributed by atoms with E-state index >= 15 is 0 Å². The number of hydrogen-bond acceptors (Lipinski definition) is 5. The van der Waals surface area contributed by atoms with E-state index in [0.29, 0.717) is 5.56 Å². The predicted octanol–water partition coefficient (Wildman–Crippen LogP) is 3.30. The summed E-state index contributed by atoms with van der Waals surface area (Å²) < 4.78 is 0. The second kappa shape index (κ2) is 7.76. The van der Waals surface area contributed by atoms with Crippen molar-refractivity contribution in [2.24, 2.45) is 5.10 Å². The molecule has 0 aliphatic heterocycles. The van der Waals surface area contributed by atoms with Crippen molar-refractivity contribution < 1.29 is 14.8 Å². The highest BCUT2D eigenvalue weighted by Gasteiger charge is 2.15. The Morgan fingerprint density at radius 2 is 1.92 bits per heavy atom. The van der Waals surface area contributed by atoms with Gasteiger partial charge in [0.15, 0.2) is 5.75 Å². The Morgan fingerprint density at radius 1 is 1.29 bits per heavy atom. The van der Waals surface area contributed by atoms with Gasteiger partial charge in [-0.05, 0) is 17.7 Å². The summed E-state index contributed by atoms with van der Waals surface area (Å²) in [7, 11) is 0. The van der Waals surface area contributed by atoms with Crippen LogP contribution in [0.3, 0.4) is 0 Å². The lowest BCUT2D eigenvalue weighted by Gasteiger charge is -2.03. The van der Waals surface area contributed by atoms with Gasteiger partial charge in [0.1, 0.15) is 0 Å². The van der Waals surface area contributed by atoms with Crippen LogP contribution in [-0.4, -0.2) is 22.2 Å². The fourth-order valence-corrected chi connectivity index (χ4v) is 2.39. The molecule has 24 heavy (non-hydrogen) atoms. The molecule has 7 nitrogen and oxygen atoms in total. The molecule has 0 aliphatic carbocycles. The van der Waals surface area contributed by atoms with Crippen LogP contribution in [0.1, 0.15) is 11.1 Å². The van der Waals surface area contributed by atoms with Gasteiger partial charge in [0.2, 0.25) is 5.91 Å². The molecule has 0 unspecified atom stereocenters. The van der Waals surface area contributed by atoms with Crippen molar-refractivity contribution in [3.63, 3.8) is 0 Å². The number of nitrogens with one attached hydrogen (secondary N) is 1. The zero-order chi connectivity index (χ0) is 17.7. The van der Waals surface area contributed by atoms with Crippen molar-refractivity contribution in [3.05, 3.63) is 67.7 Å². The minimum Gasteiger partial charge on any atom is -0.505 e. The van der Waals surface area contributed by atoms with Gasteiger partial charge in [-0.2, -0.15) is 5.10 Å². The molecule has 0 radical (unpaired) electrons.